The van der Waals surface area contributed by atoms with E-state index in [2.05, 4.69) is 13.8 Å². The number of amides is 1. The van der Waals surface area contributed by atoms with Crippen LogP contribution < -0.4 is 0 Å². The summed E-state index contributed by atoms with van der Waals surface area (Å²) in [4.78, 5) is 23.4. The molecule has 74 valence electrons. The van der Waals surface area contributed by atoms with Gasteiger partial charge >= 0.3 is 0 Å². The van der Waals surface area contributed by atoms with Crippen LogP contribution in [0.25, 0.3) is 0 Å². The van der Waals surface area contributed by atoms with Gasteiger partial charge in [-0.15, -0.1) is 0 Å². The molecule has 0 aliphatic carbocycles. The van der Waals surface area contributed by atoms with Crippen LogP contribution in [-0.2, 0) is 9.59 Å². The Morgan fingerprint density at radius 2 is 2.31 bits per heavy atom. The first-order chi connectivity index (χ1) is 6.15. The summed E-state index contributed by atoms with van der Waals surface area (Å²) in [5.74, 6) is 1.25. The van der Waals surface area contributed by atoms with Crippen LogP contribution in [0.15, 0.2) is 0 Å². The summed E-state index contributed by atoms with van der Waals surface area (Å²) in [5.41, 5.74) is 0. The zero-order chi connectivity index (χ0) is 9.84. The highest BCUT2D eigenvalue weighted by atomic mass is 16.2. The van der Waals surface area contributed by atoms with E-state index in [1.165, 1.54) is 0 Å². The van der Waals surface area contributed by atoms with Crippen LogP contribution in [0.2, 0.25) is 0 Å². The molecule has 0 aromatic heterocycles. The highest BCUT2D eigenvalue weighted by Gasteiger charge is 2.30. The largest absolute Gasteiger partial charge is 0.342 e. The molecular formula is C10H17NO2. The van der Waals surface area contributed by atoms with Gasteiger partial charge in [-0.05, 0) is 11.8 Å². The molecule has 1 aliphatic heterocycles. The van der Waals surface area contributed by atoms with Crippen molar-refractivity contribution in [2.24, 2.45) is 11.8 Å². The van der Waals surface area contributed by atoms with Gasteiger partial charge in [0.2, 0.25) is 5.91 Å². The molecule has 1 rings (SSSR count). The fourth-order valence-corrected chi connectivity index (χ4v) is 1.67. The van der Waals surface area contributed by atoms with Gasteiger partial charge in [-0.1, -0.05) is 13.8 Å². The van der Waals surface area contributed by atoms with E-state index >= 15 is 0 Å². The van der Waals surface area contributed by atoms with Crippen LogP contribution in [-0.4, -0.2) is 30.2 Å². The van der Waals surface area contributed by atoms with Crippen molar-refractivity contribution in [2.45, 2.75) is 26.7 Å². The normalized spacial score (nSPS) is 22.8. The third-order valence-corrected chi connectivity index (χ3v) is 2.70. The molecule has 1 fully saturated rings. The molecule has 0 saturated carbocycles. The molecule has 0 aromatic carbocycles. The molecule has 1 heterocycles. The summed E-state index contributed by atoms with van der Waals surface area (Å²) < 4.78 is 0. The topological polar surface area (TPSA) is 37.4 Å². The highest BCUT2D eigenvalue weighted by Crippen LogP contribution is 2.24. The third-order valence-electron chi connectivity index (χ3n) is 2.70. The Kier molecular flexibility index (Phi) is 3.46. The van der Waals surface area contributed by atoms with Crippen LogP contribution in [0.3, 0.4) is 0 Å². The van der Waals surface area contributed by atoms with Crippen molar-refractivity contribution in [1.82, 2.24) is 4.90 Å². The maximum atomic E-state index is 11.4. The van der Waals surface area contributed by atoms with E-state index < -0.39 is 0 Å². The molecular weight excluding hydrogens is 166 g/mol. The molecule has 1 aliphatic rings. The van der Waals surface area contributed by atoms with Gasteiger partial charge in [0.15, 0.2) is 0 Å². The van der Waals surface area contributed by atoms with E-state index in [1.54, 1.807) is 4.90 Å². The van der Waals surface area contributed by atoms with E-state index in [0.717, 1.165) is 12.8 Å². The summed E-state index contributed by atoms with van der Waals surface area (Å²) in [6.45, 7) is 5.72. The minimum Gasteiger partial charge on any atom is -0.342 e. The van der Waals surface area contributed by atoms with Gasteiger partial charge in [-0.2, -0.15) is 0 Å². The fourth-order valence-electron chi connectivity index (χ4n) is 1.67. The summed E-state index contributed by atoms with van der Waals surface area (Å²) in [5, 5.41) is 0. The van der Waals surface area contributed by atoms with Gasteiger partial charge in [-0.25, -0.2) is 0 Å². The molecule has 1 amide bonds. The molecule has 1 unspecified atom stereocenters. The number of rotatable bonds is 4. The smallest absolute Gasteiger partial charge is 0.222 e. The van der Waals surface area contributed by atoms with Crippen LogP contribution >= 0.6 is 0 Å². The number of hydrogen-bond donors (Lipinski definition) is 0. The number of hydrogen-bond acceptors (Lipinski definition) is 2. The summed E-state index contributed by atoms with van der Waals surface area (Å²) in [6, 6.07) is 0. The van der Waals surface area contributed by atoms with Crippen molar-refractivity contribution < 1.29 is 9.59 Å². The Balaban J connectivity index is 2.41. The van der Waals surface area contributed by atoms with Gasteiger partial charge < -0.3 is 9.69 Å². The van der Waals surface area contributed by atoms with Crippen molar-refractivity contribution in [3.63, 3.8) is 0 Å². The molecule has 3 heteroatoms. The molecule has 1 saturated heterocycles. The van der Waals surface area contributed by atoms with Crippen molar-refractivity contribution in [3.8, 4) is 0 Å². The molecule has 0 aromatic rings. The maximum absolute atomic E-state index is 11.4. The first-order valence-electron chi connectivity index (χ1n) is 4.86. The van der Waals surface area contributed by atoms with Gasteiger partial charge in [0.25, 0.3) is 0 Å². The number of likely N-dealkylation sites (tertiary alicyclic amines) is 1. The SMILES string of the molecule is CC(C)C1CC(=O)N(CCC=O)C1. The Labute approximate surface area is 79.1 Å². The second kappa shape index (κ2) is 4.40. The summed E-state index contributed by atoms with van der Waals surface area (Å²) >= 11 is 0. The number of aldehydes is 1. The standard InChI is InChI=1S/C10H17NO2/c1-8(2)9-6-10(13)11(7-9)4-3-5-12/h5,8-9H,3-4,6-7H2,1-2H3. The van der Waals surface area contributed by atoms with E-state index in [-0.39, 0.29) is 5.91 Å². The van der Waals surface area contributed by atoms with Crippen LogP contribution in [0.5, 0.6) is 0 Å². The Bertz CT molecular complexity index is 201. The monoisotopic (exact) mass is 183 g/mol. The second-order valence-electron chi connectivity index (χ2n) is 4.00. The molecule has 3 nitrogen and oxygen atoms in total. The first kappa shape index (κ1) is 10.2. The van der Waals surface area contributed by atoms with Crippen LogP contribution in [0.4, 0.5) is 0 Å². The molecule has 0 bridgehead atoms. The van der Waals surface area contributed by atoms with Crippen LogP contribution in [0, 0.1) is 11.8 Å². The molecule has 0 spiro atoms. The zero-order valence-corrected chi connectivity index (χ0v) is 8.32. The highest BCUT2D eigenvalue weighted by molar-refractivity contribution is 5.78. The predicted molar refractivity (Wildman–Crippen MR) is 50.2 cm³/mol. The van der Waals surface area contributed by atoms with Gasteiger partial charge in [0.05, 0.1) is 0 Å². The van der Waals surface area contributed by atoms with Gasteiger partial charge in [-0.3, -0.25) is 4.79 Å². The lowest BCUT2D eigenvalue weighted by atomic mass is 9.95. The molecule has 1 atom stereocenters. The predicted octanol–water partition coefficient (Wildman–Crippen LogP) is 1.08. The Morgan fingerprint density at radius 1 is 1.62 bits per heavy atom. The second-order valence-corrected chi connectivity index (χ2v) is 4.00. The average molecular weight is 183 g/mol. The quantitative estimate of drug-likeness (QED) is 0.612. The lowest BCUT2D eigenvalue weighted by Gasteiger charge is -2.16. The fraction of sp³-hybridized carbons (Fsp3) is 0.800. The van der Waals surface area contributed by atoms with E-state index in [1.807, 2.05) is 0 Å². The zero-order valence-electron chi connectivity index (χ0n) is 8.32. The van der Waals surface area contributed by atoms with E-state index in [9.17, 15) is 9.59 Å². The van der Waals surface area contributed by atoms with Crippen molar-refractivity contribution >= 4 is 12.2 Å². The maximum Gasteiger partial charge on any atom is 0.222 e. The minimum atomic E-state index is 0.209. The lowest BCUT2D eigenvalue weighted by molar-refractivity contribution is -0.127. The number of carbonyl (C=O) groups is 2. The van der Waals surface area contributed by atoms with E-state index in [0.29, 0.717) is 31.2 Å². The Morgan fingerprint density at radius 3 is 2.77 bits per heavy atom. The average Bonchev–Trinajstić information content (AvgIpc) is 2.44. The van der Waals surface area contributed by atoms with E-state index in [4.69, 9.17) is 0 Å². The number of carbonyl (C=O) groups excluding carboxylic acids is 2. The lowest BCUT2D eigenvalue weighted by Crippen LogP contribution is -2.27. The van der Waals surface area contributed by atoms with Gasteiger partial charge in [0.1, 0.15) is 6.29 Å². The molecule has 0 N–H and O–H groups in total. The van der Waals surface area contributed by atoms with Crippen molar-refractivity contribution in [3.05, 3.63) is 0 Å². The Hall–Kier alpha value is -0.860. The third kappa shape index (κ3) is 2.54. The van der Waals surface area contributed by atoms with Gasteiger partial charge in [0, 0.05) is 25.9 Å². The molecule has 0 radical (unpaired) electrons. The molecule has 13 heavy (non-hydrogen) atoms. The van der Waals surface area contributed by atoms with Crippen LogP contribution in [0.1, 0.15) is 26.7 Å². The first-order valence-corrected chi connectivity index (χ1v) is 4.86. The summed E-state index contributed by atoms with van der Waals surface area (Å²) in [6.07, 6.45) is 2.00. The number of nitrogens with zero attached hydrogens (tertiary/aromatic N) is 1. The van der Waals surface area contributed by atoms with Crippen molar-refractivity contribution in [1.29, 1.82) is 0 Å². The minimum absolute atomic E-state index is 0.209. The summed E-state index contributed by atoms with van der Waals surface area (Å²) in [7, 11) is 0. The van der Waals surface area contributed by atoms with Crippen molar-refractivity contribution in [2.75, 3.05) is 13.1 Å².